The molecule has 1 saturated carbocycles. The van der Waals surface area contributed by atoms with Gasteiger partial charge in [-0.2, -0.15) is 0 Å². The number of para-hydroxylation sites is 1. The molecule has 4 rings (SSSR count). The van der Waals surface area contributed by atoms with E-state index in [1.165, 1.54) is 5.56 Å². The quantitative estimate of drug-likeness (QED) is 0.860. The first-order valence-electron chi connectivity index (χ1n) is 9.40. The van der Waals surface area contributed by atoms with Crippen LogP contribution in [0.15, 0.2) is 60.7 Å². The molecular weight excluding hydrogens is 344 g/mol. The Balaban J connectivity index is 0.00000196. The lowest BCUT2D eigenvalue weighted by molar-refractivity contribution is -0.120. The molecule has 2 aromatic carbocycles. The van der Waals surface area contributed by atoms with Crippen molar-refractivity contribution in [1.82, 2.24) is 5.32 Å². The molecule has 3 nitrogen and oxygen atoms in total. The lowest BCUT2D eigenvalue weighted by Crippen LogP contribution is -2.37. The van der Waals surface area contributed by atoms with Gasteiger partial charge in [0.1, 0.15) is 0 Å². The molecule has 0 radical (unpaired) electrons. The Morgan fingerprint density at radius 3 is 2.27 bits per heavy atom. The van der Waals surface area contributed by atoms with Crippen LogP contribution in [0.25, 0.3) is 0 Å². The van der Waals surface area contributed by atoms with Gasteiger partial charge in [-0.1, -0.05) is 48.5 Å². The predicted molar refractivity (Wildman–Crippen MR) is 109 cm³/mol. The highest BCUT2D eigenvalue weighted by atomic mass is 35.5. The second-order valence-electron chi connectivity index (χ2n) is 7.43. The topological polar surface area (TPSA) is 32.3 Å². The number of benzene rings is 2. The van der Waals surface area contributed by atoms with Crippen molar-refractivity contribution in [2.24, 2.45) is 11.3 Å². The van der Waals surface area contributed by atoms with Gasteiger partial charge in [0, 0.05) is 18.2 Å². The van der Waals surface area contributed by atoms with E-state index in [1.54, 1.807) is 0 Å². The molecule has 1 N–H and O–H groups in total. The Labute approximate surface area is 162 Å². The minimum atomic E-state index is 0. The van der Waals surface area contributed by atoms with E-state index >= 15 is 0 Å². The highest BCUT2D eigenvalue weighted by Gasteiger charge is 2.58. The monoisotopic (exact) mass is 370 g/mol. The van der Waals surface area contributed by atoms with Crippen LogP contribution in [0.4, 0.5) is 5.69 Å². The minimum absolute atomic E-state index is 0. The van der Waals surface area contributed by atoms with Crippen LogP contribution >= 0.6 is 12.4 Å². The fourth-order valence-electron chi connectivity index (χ4n) is 4.22. The number of halogens is 1. The molecule has 1 unspecified atom stereocenters. The molecule has 26 heavy (non-hydrogen) atoms. The summed E-state index contributed by atoms with van der Waals surface area (Å²) < 4.78 is 0. The van der Waals surface area contributed by atoms with Crippen molar-refractivity contribution in [2.45, 2.75) is 25.7 Å². The van der Waals surface area contributed by atoms with Gasteiger partial charge in [-0.25, -0.2) is 0 Å². The fourth-order valence-corrected chi connectivity index (χ4v) is 4.22. The van der Waals surface area contributed by atoms with E-state index in [4.69, 9.17) is 0 Å². The third-order valence-electron chi connectivity index (χ3n) is 5.89. The highest BCUT2D eigenvalue weighted by Crippen LogP contribution is 2.59. The third kappa shape index (κ3) is 3.94. The van der Waals surface area contributed by atoms with Crippen LogP contribution in [0, 0.1) is 11.3 Å². The molecule has 1 aliphatic heterocycles. The van der Waals surface area contributed by atoms with Crippen molar-refractivity contribution in [2.75, 3.05) is 24.5 Å². The minimum Gasteiger partial charge on any atom is -0.317 e. The van der Waals surface area contributed by atoms with Crippen LogP contribution < -0.4 is 10.2 Å². The Morgan fingerprint density at radius 1 is 1.00 bits per heavy atom. The largest absolute Gasteiger partial charge is 0.317 e. The molecule has 138 valence electrons. The van der Waals surface area contributed by atoms with E-state index in [9.17, 15) is 4.79 Å². The number of carbonyl (C=O) groups is 1. The van der Waals surface area contributed by atoms with Crippen molar-refractivity contribution >= 4 is 24.0 Å². The average Bonchev–Trinajstić information content (AvgIpc) is 3.37. The molecule has 4 heteroatoms. The maximum Gasteiger partial charge on any atom is 0.230 e. The molecular formula is C22H27ClN2O. The number of rotatable bonds is 5. The van der Waals surface area contributed by atoms with E-state index in [0.717, 1.165) is 51.0 Å². The number of nitrogens with one attached hydrogen (secondary N) is 1. The fraction of sp³-hybridized carbons (Fsp3) is 0.409. The molecule has 2 aliphatic rings. The van der Waals surface area contributed by atoms with Crippen molar-refractivity contribution in [1.29, 1.82) is 0 Å². The van der Waals surface area contributed by atoms with E-state index < -0.39 is 0 Å². The first-order valence-corrected chi connectivity index (χ1v) is 9.40. The van der Waals surface area contributed by atoms with Crippen molar-refractivity contribution in [3.8, 4) is 0 Å². The van der Waals surface area contributed by atoms with Crippen molar-refractivity contribution in [3.05, 3.63) is 66.2 Å². The summed E-state index contributed by atoms with van der Waals surface area (Å²) in [5.41, 5.74) is 2.59. The molecule has 1 amide bonds. The van der Waals surface area contributed by atoms with E-state index in [2.05, 4.69) is 41.7 Å². The van der Waals surface area contributed by atoms with Crippen LogP contribution in [-0.2, 0) is 11.2 Å². The number of nitrogens with zero attached hydrogens (tertiary/aromatic N) is 1. The van der Waals surface area contributed by atoms with Crippen LogP contribution in [0.2, 0.25) is 0 Å². The summed E-state index contributed by atoms with van der Waals surface area (Å²) in [6, 6.07) is 20.6. The average molecular weight is 371 g/mol. The Kier molecular flexibility index (Phi) is 6.00. The molecule has 2 aromatic rings. The van der Waals surface area contributed by atoms with E-state index in [1.807, 2.05) is 29.2 Å². The maximum absolute atomic E-state index is 13.3. The number of amides is 1. The number of hydrogen-bond donors (Lipinski definition) is 1. The van der Waals surface area contributed by atoms with Crippen LogP contribution in [-0.4, -0.2) is 25.5 Å². The standard InChI is InChI=1S/C22H26N2O.ClH/c25-21(20-17-22(20)12-14-23-15-13-22)24(19-9-5-2-6-10-19)16-11-18-7-3-1-4-8-18;/h1-10,20,23H,11-17H2;1H. The van der Waals surface area contributed by atoms with Crippen LogP contribution in [0.5, 0.6) is 0 Å². The number of piperidine rings is 1. The molecule has 1 heterocycles. The molecule has 1 aliphatic carbocycles. The summed E-state index contributed by atoms with van der Waals surface area (Å²) in [6.45, 7) is 2.86. The summed E-state index contributed by atoms with van der Waals surface area (Å²) in [5.74, 6) is 0.537. The summed E-state index contributed by atoms with van der Waals surface area (Å²) in [4.78, 5) is 15.3. The van der Waals surface area contributed by atoms with Gasteiger partial charge in [0.25, 0.3) is 0 Å². The summed E-state index contributed by atoms with van der Waals surface area (Å²) >= 11 is 0. The summed E-state index contributed by atoms with van der Waals surface area (Å²) in [7, 11) is 0. The van der Waals surface area contributed by atoms with Gasteiger partial charge in [0.2, 0.25) is 5.91 Å². The van der Waals surface area contributed by atoms with Gasteiger partial charge in [-0.3, -0.25) is 4.79 Å². The smallest absolute Gasteiger partial charge is 0.230 e. The lowest BCUT2D eigenvalue weighted by Gasteiger charge is -2.27. The summed E-state index contributed by atoms with van der Waals surface area (Å²) in [5, 5.41) is 3.42. The van der Waals surface area contributed by atoms with Gasteiger partial charge in [-0.05, 0) is 61.9 Å². The normalized spacial score (nSPS) is 20.2. The van der Waals surface area contributed by atoms with Gasteiger partial charge >= 0.3 is 0 Å². The van der Waals surface area contributed by atoms with E-state index in [-0.39, 0.29) is 23.7 Å². The van der Waals surface area contributed by atoms with Gasteiger partial charge < -0.3 is 10.2 Å². The van der Waals surface area contributed by atoms with Gasteiger partial charge in [-0.15, -0.1) is 12.4 Å². The highest BCUT2D eigenvalue weighted by molar-refractivity contribution is 5.97. The second kappa shape index (κ2) is 8.24. The number of anilines is 1. The molecule has 1 saturated heterocycles. The Morgan fingerprint density at radius 2 is 1.62 bits per heavy atom. The number of carbonyl (C=O) groups excluding carboxylic acids is 1. The van der Waals surface area contributed by atoms with Crippen LogP contribution in [0.3, 0.4) is 0 Å². The zero-order chi connectivity index (χ0) is 17.1. The molecule has 0 bridgehead atoms. The predicted octanol–water partition coefficient (Wildman–Crippen LogP) is 4.07. The second-order valence-corrected chi connectivity index (χ2v) is 7.43. The van der Waals surface area contributed by atoms with Crippen LogP contribution in [0.1, 0.15) is 24.8 Å². The number of hydrogen-bond acceptors (Lipinski definition) is 2. The molecule has 0 aromatic heterocycles. The SMILES string of the molecule is Cl.O=C(C1CC12CCNCC2)N(CCc1ccccc1)c1ccccc1. The maximum atomic E-state index is 13.3. The van der Waals surface area contributed by atoms with E-state index in [0.29, 0.717) is 5.91 Å². The van der Waals surface area contributed by atoms with Gasteiger partial charge in [0.15, 0.2) is 0 Å². The van der Waals surface area contributed by atoms with Crippen molar-refractivity contribution in [3.63, 3.8) is 0 Å². The Hall–Kier alpha value is -1.84. The zero-order valence-corrected chi connectivity index (χ0v) is 15.9. The first-order chi connectivity index (χ1) is 12.3. The molecule has 2 fully saturated rings. The third-order valence-corrected chi connectivity index (χ3v) is 5.89. The Bertz CT molecular complexity index is 713. The van der Waals surface area contributed by atoms with Gasteiger partial charge in [0.05, 0.1) is 0 Å². The molecule has 1 spiro atoms. The zero-order valence-electron chi connectivity index (χ0n) is 15.1. The summed E-state index contributed by atoms with van der Waals surface area (Å²) in [6.07, 6.45) is 4.25. The van der Waals surface area contributed by atoms with Crippen molar-refractivity contribution < 1.29 is 4.79 Å². The lowest BCUT2D eigenvalue weighted by atomic mass is 9.91. The molecule has 1 atom stereocenters. The first kappa shape index (κ1) is 18.9.